The molecule has 9 heteroatoms. The third-order valence-corrected chi connectivity index (χ3v) is 4.07. The van der Waals surface area contributed by atoms with E-state index >= 15 is 0 Å². The molecule has 0 aliphatic rings. The number of carbonyl (C=O) groups is 1. The van der Waals surface area contributed by atoms with Gasteiger partial charge in [-0.15, -0.1) is 0 Å². The van der Waals surface area contributed by atoms with Crippen LogP contribution in [0.4, 0.5) is 11.4 Å². The number of nitro benzene ring substituents is 1. The molecule has 3 N–H and O–H groups in total. The maximum atomic E-state index is 12.0. The summed E-state index contributed by atoms with van der Waals surface area (Å²) >= 11 is 11.8. The molecule has 0 radical (unpaired) electrons. The highest BCUT2D eigenvalue weighted by molar-refractivity contribution is 6.34. The minimum atomic E-state index is -0.982. The van der Waals surface area contributed by atoms with Gasteiger partial charge in [0, 0.05) is 34.3 Å². The number of nitro groups is 1. The lowest BCUT2D eigenvalue weighted by Gasteiger charge is -2.15. The van der Waals surface area contributed by atoms with E-state index in [1.54, 1.807) is 32.0 Å². The predicted molar refractivity (Wildman–Crippen MR) is 106 cm³/mol. The van der Waals surface area contributed by atoms with Crippen LogP contribution in [0.15, 0.2) is 36.4 Å². The van der Waals surface area contributed by atoms with Crippen LogP contribution in [0, 0.1) is 10.1 Å². The van der Waals surface area contributed by atoms with Crippen molar-refractivity contribution in [3.63, 3.8) is 0 Å². The molecule has 0 saturated carbocycles. The van der Waals surface area contributed by atoms with Gasteiger partial charge in [0.15, 0.2) is 0 Å². The van der Waals surface area contributed by atoms with Gasteiger partial charge in [0.25, 0.3) is 11.6 Å². The Morgan fingerprint density at radius 3 is 2.37 bits per heavy atom. The summed E-state index contributed by atoms with van der Waals surface area (Å²) in [5.41, 5.74) is 0.592. The zero-order valence-corrected chi connectivity index (χ0v) is 16.2. The van der Waals surface area contributed by atoms with Crippen molar-refractivity contribution in [1.29, 1.82) is 0 Å². The Labute approximate surface area is 166 Å². The van der Waals surface area contributed by atoms with Crippen LogP contribution in [0.2, 0.25) is 10.0 Å². The van der Waals surface area contributed by atoms with E-state index in [2.05, 4.69) is 10.6 Å². The van der Waals surface area contributed by atoms with Gasteiger partial charge in [0.2, 0.25) is 0 Å². The summed E-state index contributed by atoms with van der Waals surface area (Å²) in [4.78, 5) is 22.8. The molecule has 7 nitrogen and oxygen atoms in total. The Kier molecular flexibility index (Phi) is 7.01. The second kappa shape index (κ2) is 9.03. The number of aliphatic hydroxyl groups excluding tert-OH is 1. The van der Waals surface area contributed by atoms with Gasteiger partial charge in [-0.1, -0.05) is 23.2 Å². The summed E-state index contributed by atoms with van der Waals surface area (Å²) in [6.07, 6.45) is -0.982. The quantitative estimate of drug-likeness (QED) is 0.467. The molecule has 1 unspecified atom stereocenters. The number of hydrogen-bond acceptors (Lipinski definition) is 5. The minimum absolute atomic E-state index is 0.00491. The average Bonchev–Trinajstić information content (AvgIpc) is 2.57. The first-order valence-corrected chi connectivity index (χ1v) is 8.90. The van der Waals surface area contributed by atoms with E-state index in [9.17, 15) is 20.0 Å². The molecule has 1 amide bonds. The Morgan fingerprint density at radius 2 is 1.81 bits per heavy atom. The van der Waals surface area contributed by atoms with Gasteiger partial charge < -0.3 is 15.7 Å². The van der Waals surface area contributed by atoms with Gasteiger partial charge in [-0.2, -0.15) is 0 Å². The molecule has 1 atom stereocenters. The van der Waals surface area contributed by atoms with Crippen molar-refractivity contribution in [2.24, 2.45) is 0 Å². The van der Waals surface area contributed by atoms with E-state index in [0.29, 0.717) is 15.6 Å². The van der Waals surface area contributed by atoms with Crippen LogP contribution in [0.25, 0.3) is 0 Å². The summed E-state index contributed by atoms with van der Waals surface area (Å²) in [5, 5.41) is 27.9. The first-order valence-electron chi connectivity index (χ1n) is 8.14. The highest BCUT2D eigenvalue weighted by Gasteiger charge is 2.19. The zero-order valence-electron chi connectivity index (χ0n) is 14.7. The van der Waals surface area contributed by atoms with Crippen molar-refractivity contribution in [2.75, 3.05) is 11.9 Å². The van der Waals surface area contributed by atoms with Crippen molar-refractivity contribution < 1.29 is 14.8 Å². The average molecular weight is 412 g/mol. The number of aliphatic hydroxyl groups is 1. The number of carbonyl (C=O) groups excluding carboxylic acids is 1. The highest BCUT2D eigenvalue weighted by atomic mass is 35.5. The smallest absolute Gasteiger partial charge is 0.293 e. The van der Waals surface area contributed by atoms with E-state index in [1.807, 2.05) is 0 Å². The van der Waals surface area contributed by atoms with Crippen molar-refractivity contribution in [1.82, 2.24) is 5.32 Å². The van der Waals surface area contributed by atoms with Crippen LogP contribution in [-0.4, -0.2) is 28.5 Å². The lowest BCUT2D eigenvalue weighted by atomic mass is 10.1. The number of nitrogens with one attached hydrogen (secondary N) is 2. The van der Waals surface area contributed by atoms with Gasteiger partial charge in [-0.3, -0.25) is 14.9 Å². The maximum absolute atomic E-state index is 12.0. The third kappa shape index (κ3) is 5.82. The highest BCUT2D eigenvalue weighted by Crippen LogP contribution is 2.28. The molecule has 0 saturated heterocycles. The molecule has 2 aromatic carbocycles. The number of benzene rings is 2. The monoisotopic (exact) mass is 411 g/mol. The van der Waals surface area contributed by atoms with Crippen LogP contribution in [0.3, 0.4) is 0 Å². The summed E-state index contributed by atoms with van der Waals surface area (Å²) in [6.45, 7) is 3.59. The zero-order chi connectivity index (χ0) is 20.1. The number of hydrogen-bond donors (Lipinski definition) is 3. The fourth-order valence-electron chi connectivity index (χ4n) is 2.41. The fraction of sp³-hybridized carbons (Fsp3) is 0.278. The van der Waals surface area contributed by atoms with Crippen LogP contribution in [0.1, 0.15) is 35.9 Å². The molecule has 0 bridgehead atoms. The Morgan fingerprint density at radius 1 is 1.19 bits per heavy atom. The molecule has 0 aliphatic heterocycles. The van der Waals surface area contributed by atoms with E-state index < -0.39 is 16.9 Å². The molecule has 144 valence electrons. The molecular weight excluding hydrogens is 393 g/mol. The van der Waals surface area contributed by atoms with Gasteiger partial charge >= 0.3 is 0 Å². The Balaban J connectivity index is 2.17. The molecule has 2 rings (SSSR count). The van der Waals surface area contributed by atoms with Gasteiger partial charge in [-0.25, -0.2) is 0 Å². The predicted octanol–water partition coefficient (Wildman–Crippen LogP) is 4.19. The second-order valence-electron chi connectivity index (χ2n) is 6.22. The molecule has 0 heterocycles. The normalized spacial score (nSPS) is 11.9. The van der Waals surface area contributed by atoms with E-state index in [4.69, 9.17) is 23.2 Å². The van der Waals surface area contributed by atoms with Crippen molar-refractivity contribution in [2.45, 2.75) is 26.0 Å². The van der Waals surface area contributed by atoms with E-state index in [0.717, 1.165) is 0 Å². The third-order valence-electron chi connectivity index (χ3n) is 3.63. The first kappa shape index (κ1) is 21.0. The second-order valence-corrected chi connectivity index (χ2v) is 7.09. The maximum Gasteiger partial charge on any atom is 0.293 e. The van der Waals surface area contributed by atoms with Gasteiger partial charge in [0.1, 0.15) is 5.69 Å². The van der Waals surface area contributed by atoms with Crippen molar-refractivity contribution in [3.8, 4) is 0 Å². The summed E-state index contributed by atoms with van der Waals surface area (Å²) in [5.74, 6) is -0.395. The molecule has 0 fully saturated rings. The van der Waals surface area contributed by atoms with Crippen LogP contribution < -0.4 is 10.6 Å². The molecular formula is C18H19Cl2N3O4. The molecule has 0 aliphatic carbocycles. The summed E-state index contributed by atoms with van der Waals surface area (Å²) in [7, 11) is 0. The number of nitrogens with zero attached hydrogens (tertiary/aromatic N) is 1. The number of anilines is 1. The Bertz CT molecular complexity index is 838. The minimum Gasteiger partial charge on any atom is -0.387 e. The SMILES string of the molecule is CC(C)NC(=O)c1ccc(NCC(O)c2cc(Cl)cc(Cl)c2)c([N+](=O)[O-])c1. The standard InChI is InChI=1S/C18H19Cl2N3O4/c1-10(2)22-18(25)11-3-4-15(16(7-11)23(26)27)21-9-17(24)12-5-13(19)8-14(20)6-12/h3-8,10,17,21,24H,9H2,1-2H3,(H,22,25). The number of rotatable bonds is 7. The summed E-state index contributed by atoms with van der Waals surface area (Å²) in [6, 6.07) is 8.69. The van der Waals surface area contributed by atoms with Crippen LogP contribution >= 0.6 is 23.2 Å². The molecule has 2 aromatic rings. The van der Waals surface area contributed by atoms with Crippen molar-refractivity contribution >= 4 is 40.5 Å². The molecule has 0 spiro atoms. The van der Waals surface area contributed by atoms with Gasteiger partial charge in [-0.05, 0) is 49.7 Å². The largest absolute Gasteiger partial charge is 0.387 e. The molecule has 27 heavy (non-hydrogen) atoms. The number of amides is 1. The van der Waals surface area contributed by atoms with Gasteiger partial charge in [0.05, 0.1) is 11.0 Å². The van der Waals surface area contributed by atoms with Crippen molar-refractivity contribution in [3.05, 3.63) is 67.7 Å². The lowest BCUT2D eigenvalue weighted by Crippen LogP contribution is -2.30. The van der Waals surface area contributed by atoms with Crippen LogP contribution in [-0.2, 0) is 0 Å². The van der Waals surface area contributed by atoms with E-state index in [1.165, 1.54) is 18.2 Å². The van der Waals surface area contributed by atoms with Crippen LogP contribution in [0.5, 0.6) is 0 Å². The first-order chi connectivity index (χ1) is 12.7. The fourth-order valence-corrected chi connectivity index (χ4v) is 2.95. The Hall–Kier alpha value is -2.35. The van der Waals surface area contributed by atoms with E-state index in [-0.39, 0.29) is 29.5 Å². The summed E-state index contributed by atoms with van der Waals surface area (Å²) < 4.78 is 0. The topological polar surface area (TPSA) is 104 Å². The lowest BCUT2D eigenvalue weighted by molar-refractivity contribution is -0.384. The molecule has 0 aromatic heterocycles. The number of halogens is 2.